The molecule has 1 fully saturated rings. The number of thioether (sulfide) groups is 1. The summed E-state index contributed by atoms with van der Waals surface area (Å²) < 4.78 is 12.7. The maximum atomic E-state index is 13.1. The number of carbonyl (C=O) groups is 1. The number of fused-ring (bicyclic) bond motifs is 1. The minimum Gasteiger partial charge on any atom is -0.454 e. The van der Waals surface area contributed by atoms with Crippen molar-refractivity contribution in [3.63, 3.8) is 0 Å². The topological polar surface area (TPSA) is 56.6 Å². The predicted octanol–water partition coefficient (Wildman–Crippen LogP) is 3.92. The van der Waals surface area contributed by atoms with Crippen molar-refractivity contribution in [1.29, 1.82) is 0 Å². The van der Waals surface area contributed by atoms with Gasteiger partial charge in [0.15, 0.2) is 11.5 Å². The van der Waals surface area contributed by atoms with Crippen molar-refractivity contribution in [2.45, 2.75) is 11.7 Å². The number of aromatic nitrogens is 2. The van der Waals surface area contributed by atoms with Crippen molar-refractivity contribution in [3.05, 3.63) is 72.1 Å². The largest absolute Gasteiger partial charge is 0.454 e. The second-order valence-corrected chi connectivity index (χ2v) is 8.36. The molecule has 0 radical (unpaired) electrons. The number of hydrogen-bond donors (Lipinski definition) is 0. The monoisotopic (exact) mass is 407 g/mol. The van der Waals surface area contributed by atoms with Crippen LogP contribution >= 0.6 is 11.8 Å². The Labute approximate surface area is 173 Å². The van der Waals surface area contributed by atoms with E-state index >= 15 is 0 Å². The van der Waals surface area contributed by atoms with Crippen LogP contribution in [0.3, 0.4) is 0 Å². The third-order valence-corrected chi connectivity index (χ3v) is 6.59. The number of nitrogens with zero attached hydrogens (tertiary/aromatic N) is 3. The highest BCUT2D eigenvalue weighted by Crippen LogP contribution is 2.40. The molecule has 3 aromatic rings. The van der Waals surface area contributed by atoms with Crippen LogP contribution in [0.1, 0.15) is 27.6 Å². The van der Waals surface area contributed by atoms with Gasteiger partial charge in [0, 0.05) is 42.0 Å². The van der Waals surface area contributed by atoms with Crippen LogP contribution in [-0.4, -0.2) is 46.2 Å². The summed E-state index contributed by atoms with van der Waals surface area (Å²) in [4.78, 5) is 15.1. The zero-order chi connectivity index (χ0) is 19.6. The molecule has 1 atom stereocenters. The molecule has 0 N–H and O–H groups in total. The number of amides is 1. The fraction of sp³-hybridized carbons (Fsp3) is 0.273. The summed E-state index contributed by atoms with van der Waals surface area (Å²) in [5, 5.41) is 4.60. The van der Waals surface area contributed by atoms with Crippen molar-refractivity contribution < 1.29 is 14.3 Å². The highest BCUT2D eigenvalue weighted by Gasteiger charge is 2.24. The zero-order valence-corrected chi connectivity index (χ0v) is 16.7. The molecular weight excluding hydrogens is 386 g/mol. The van der Waals surface area contributed by atoms with Gasteiger partial charge in [-0.3, -0.25) is 4.79 Å². The summed E-state index contributed by atoms with van der Waals surface area (Å²) >= 11 is 1.90. The van der Waals surface area contributed by atoms with Crippen LogP contribution in [0.5, 0.6) is 11.5 Å². The van der Waals surface area contributed by atoms with Crippen LogP contribution in [0.4, 0.5) is 0 Å². The Balaban J connectivity index is 1.29. The molecule has 2 aromatic carbocycles. The lowest BCUT2D eigenvalue weighted by Crippen LogP contribution is -2.33. The molecule has 5 rings (SSSR count). The van der Waals surface area contributed by atoms with E-state index in [1.54, 1.807) is 10.9 Å². The van der Waals surface area contributed by atoms with E-state index < -0.39 is 0 Å². The molecule has 3 heterocycles. The van der Waals surface area contributed by atoms with E-state index in [0.717, 1.165) is 42.4 Å². The van der Waals surface area contributed by atoms with Crippen molar-refractivity contribution in [2.24, 2.45) is 0 Å². The van der Waals surface area contributed by atoms with Crippen LogP contribution in [0.25, 0.3) is 5.69 Å². The molecule has 1 unspecified atom stereocenters. The Morgan fingerprint density at radius 2 is 2.00 bits per heavy atom. The summed E-state index contributed by atoms with van der Waals surface area (Å²) in [7, 11) is 0. The van der Waals surface area contributed by atoms with Gasteiger partial charge in [-0.05, 0) is 48.4 Å². The first-order chi connectivity index (χ1) is 14.3. The van der Waals surface area contributed by atoms with E-state index in [-0.39, 0.29) is 12.7 Å². The van der Waals surface area contributed by atoms with Gasteiger partial charge in [-0.2, -0.15) is 16.9 Å². The van der Waals surface area contributed by atoms with E-state index in [2.05, 4.69) is 17.2 Å². The van der Waals surface area contributed by atoms with Gasteiger partial charge in [-0.1, -0.05) is 12.1 Å². The first-order valence-corrected chi connectivity index (χ1v) is 10.7. The highest BCUT2D eigenvalue weighted by atomic mass is 32.2. The maximum absolute atomic E-state index is 13.1. The second kappa shape index (κ2) is 7.83. The van der Waals surface area contributed by atoms with E-state index in [1.807, 2.05) is 59.3 Å². The summed E-state index contributed by atoms with van der Waals surface area (Å²) in [6, 6.07) is 15.7. The Bertz CT molecular complexity index is 1020. The molecule has 1 aromatic heterocycles. The fourth-order valence-corrected chi connectivity index (χ4v) is 4.96. The van der Waals surface area contributed by atoms with Gasteiger partial charge in [0.2, 0.25) is 6.79 Å². The molecule has 0 aliphatic carbocycles. The molecular formula is C22H21N3O3S. The smallest absolute Gasteiger partial charge is 0.253 e. The van der Waals surface area contributed by atoms with Crippen molar-refractivity contribution in [3.8, 4) is 17.2 Å². The van der Waals surface area contributed by atoms with Crippen molar-refractivity contribution in [2.75, 3.05) is 25.6 Å². The third kappa shape index (κ3) is 3.70. The molecule has 0 spiro atoms. The summed E-state index contributed by atoms with van der Waals surface area (Å²) in [5.41, 5.74) is 2.82. The number of ether oxygens (including phenoxy) is 2. The van der Waals surface area contributed by atoms with Gasteiger partial charge in [0.05, 0.1) is 5.69 Å². The number of carbonyl (C=O) groups excluding carboxylic acids is 1. The second-order valence-electron chi connectivity index (χ2n) is 7.05. The summed E-state index contributed by atoms with van der Waals surface area (Å²) in [5.74, 6) is 2.60. The van der Waals surface area contributed by atoms with Crippen LogP contribution in [0.15, 0.2) is 60.9 Å². The molecule has 1 amide bonds. The number of rotatable bonds is 3. The molecule has 7 heteroatoms. The fourth-order valence-electron chi connectivity index (χ4n) is 3.74. The van der Waals surface area contributed by atoms with Crippen LogP contribution in [-0.2, 0) is 0 Å². The average molecular weight is 407 g/mol. The first kappa shape index (κ1) is 18.1. The van der Waals surface area contributed by atoms with Gasteiger partial charge >= 0.3 is 0 Å². The summed E-state index contributed by atoms with van der Waals surface area (Å²) in [6.07, 6.45) is 4.52. The van der Waals surface area contributed by atoms with Crippen molar-refractivity contribution >= 4 is 17.7 Å². The van der Waals surface area contributed by atoms with E-state index in [1.165, 1.54) is 5.56 Å². The molecule has 1 saturated heterocycles. The van der Waals surface area contributed by atoms with Gasteiger partial charge in [0.25, 0.3) is 5.91 Å². The van der Waals surface area contributed by atoms with Gasteiger partial charge in [-0.15, -0.1) is 0 Å². The first-order valence-electron chi connectivity index (χ1n) is 9.68. The lowest BCUT2D eigenvalue weighted by Gasteiger charge is -2.21. The molecule has 148 valence electrons. The zero-order valence-electron chi connectivity index (χ0n) is 15.9. The maximum Gasteiger partial charge on any atom is 0.253 e. The Kier molecular flexibility index (Phi) is 4.89. The van der Waals surface area contributed by atoms with Crippen LogP contribution in [0.2, 0.25) is 0 Å². The van der Waals surface area contributed by atoms with E-state index in [4.69, 9.17) is 9.47 Å². The average Bonchev–Trinajstić information content (AvgIpc) is 3.40. The molecule has 0 saturated carbocycles. The normalized spacial score (nSPS) is 18.5. The van der Waals surface area contributed by atoms with Gasteiger partial charge < -0.3 is 14.4 Å². The minimum atomic E-state index is 0.0749. The van der Waals surface area contributed by atoms with E-state index in [9.17, 15) is 4.79 Å². The lowest BCUT2D eigenvalue weighted by atomic mass is 10.1. The Hall–Kier alpha value is -2.93. The predicted molar refractivity (Wildman–Crippen MR) is 112 cm³/mol. The lowest BCUT2D eigenvalue weighted by molar-refractivity contribution is 0.0766. The highest BCUT2D eigenvalue weighted by molar-refractivity contribution is 7.99. The summed E-state index contributed by atoms with van der Waals surface area (Å²) in [6.45, 7) is 1.77. The van der Waals surface area contributed by atoms with Crippen molar-refractivity contribution in [1.82, 2.24) is 14.7 Å². The van der Waals surface area contributed by atoms with Crippen LogP contribution < -0.4 is 9.47 Å². The minimum absolute atomic E-state index is 0.0749. The SMILES string of the molecule is O=C(c1cccc(-n2cccn2)c1)N1CCSC(c2ccc3c(c2)OCO3)CC1. The molecule has 2 aliphatic rings. The third-order valence-electron chi connectivity index (χ3n) is 5.26. The van der Waals surface area contributed by atoms with Crippen LogP contribution in [0, 0.1) is 0 Å². The molecule has 0 bridgehead atoms. The Morgan fingerprint density at radius 3 is 2.90 bits per heavy atom. The van der Waals surface area contributed by atoms with Gasteiger partial charge in [-0.25, -0.2) is 4.68 Å². The number of hydrogen-bond acceptors (Lipinski definition) is 5. The molecule has 29 heavy (non-hydrogen) atoms. The molecule has 6 nitrogen and oxygen atoms in total. The number of benzene rings is 2. The standard InChI is InChI=1S/C22H21N3O3S/c26-22(17-3-1-4-18(13-17)25-9-2-8-23-25)24-10-7-21(29-12-11-24)16-5-6-19-20(14-16)28-15-27-19/h1-6,8-9,13-14,21H,7,10-12,15H2. The Morgan fingerprint density at radius 1 is 1.07 bits per heavy atom. The quantitative estimate of drug-likeness (QED) is 0.659. The van der Waals surface area contributed by atoms with E-state index in [0.29, 0.717) is 10.8 Å². The molecule has 2 aliphatic heterocycles. The van der Waals surface area contributed by atoms with Gasteiger partial charge in [0.1, 0.15) is 0 Å².